The van der Waals surface area contributed by atoms with Gasteiger partial charge in [-0.25, -0.2) is 4.89 Å². The molecule has 0 aromatic rings. The molecule has 3 heteroatoms. The molecule has 3 nitrogen and oxygen atoms in total. The van der Waals surface area contributed by atoms with E-state index in [0.29, 0.717) is 6.61 Å². The molecule has 0 fully saturated rings. The number of unbranched alkanes of at least 4 members (excludes halogenated alkanes) is 2. The van der Waals surface area contributed by atoms with Crippen molar-refractivity contribution < 1.29 is 14.8 Å². The van der Waals surface area contributed by atoms with E-state index in [1.165, 1.54) is 19.3 Å². The molecule has 0 heterocycles. The monoisotopic (exact) mass is 218 g/mol. The van der Waals surface area contributed by atoms with Crippen LogP contribution in [0.1, 0.15) is 66.2 Å². The topological polar surface area (TPSA) is 27.7 Å². The number of rotatable bonds is 10. The third kappa shape index (κ3) is 6.13. The maximum atomic E-state index is 5.39. The zero-order chi connectivity index (χ0) is 11.6. The Morgan fingerprint density at radius 2 is 1.60 bits per heavy atom. The molecule has 15 heavy (non-hydrogen) atoms. The van der Waals surface area contributed by atoms with Crippen molar-refractivity contribution in [3.05, 3.63) is 0 Å². The third-order valence-electron chi connectivity index (χ3n) is 2.90. The van der Waals surface area contributed by atoms with Gasteiger partial charge in [0.1, 0.15) is 5.60 Å². The highest BCUT2D eigenvalue weighted by atomic mass is 17.5. The molecule has 0 spiro atoms. The average Bonchev–Trinajstić information content (AvgIpc) is 2.28. The summed E-state index contributed by atoms with van der Waals surface area (Å²) in [5, 5.41) is 4.76. The van der Waals surface area contributed by atoms with Gasteiger partial charge in [-0.3, -0.25) is 0 Å². The van der Waals surface area contributed by atoms with Crippen molar-refractivity contribution in [1.29, 1.82) is 0 Å². The summed E-state index contributed by atoms with van der Waals surface area (Å²) < 4.78 is 0. The summed E-state index contributed by atoms with van der Waals surface area (Å²) >= 11 is 0. The van der Waals surface area contributed by atoms with Crippen molar-refractivity contribution in [1.82, 2.24) is 0 Å². The van der Waals surface area contributed by atoms with Crippen LogP contribution in [0.5, 0.6) is 0 Å². The molecule has 0 radical (unpaired) electrons. The number of hydrogen-bond donors (Lipinski definition) is 0. The molecule has 0 aromatic carbocycles. The van der Waals surface area contributed by atoms with Crippen LogP contribution >= 0.6 is 0 Å². The van der Waals surface area contributed by atoms with Gasteiger partial charge in [-0.1, -0.05) is 45.1 Å². The van der Waals surface area contributed by atoms with Crippen LogP contribution in [0.2, 0.25) is 0 Å². The first kappa shape index (κ1) is 14.9. The summed E-state index contributed by atoms with van der Waals surface area (Å²) in [5.41, 5.74) is -0.162. The van der Waals surface area contributed by atoms with Crippen molar-refractivity contribution in [2.75, 3.05) is 6.61 Å². The Bertz CT molecular complexity index is 121. The van der Waals surface area contributed by atoms with Gasteiger partial charge in [0.2, 0.25) is 0 Å². The zero-order valence-corrected chi connectivity index (χ0v) is 10.7. The molecule has 0 aromatic heterocycles. The van der Waals surface area contributed by atoms with E-state index in [1.807, 2.05) is 6.92 Å². The highest BCUT2D eigenvalue weighted by Crippen LogP contribution is 2.27. The van der Waals surface area contributed by atoms with Crippen LogP contribution in [0.4, 0.5) is 0 Å². The van der Waals surface area contributed by atoms with Gasteiger partial charge in [0, 0.05) is 0 Å². The quantitative estimate of drug-likeness (QED) is 0.315. The summed E-state index contributed by atoms with van der Waals surface area (Å²) in [6.07, 6.45) is 6.63. The van der Waals surface area contributed by atoms with Gasteiger partial charge in [0.25, 0.3) is 0 Å². The van der Waals surface area contributed by atoms with Gasteiger partial charge in [-0.15, -0.1) is 0 Å². The standard InChI is InChI=1S/C12H26O3/c1-5-9-10-11-12(6-2,7-3)14-15-13-8-4/h5-11H2,1-4H3. The summed E-state index contributed by atoms with van der Waals surface area (Å²) in [6.45, 7) is 8.85. The van der Waals surface area contributed by atoms with E-state index < -0.39 is 0 Å². The molecular weight excluding hydrogens is 192 g/mol. The smallest absolute Gasteiger partial charge is 0.106 e. The lowest BCUT2D eigenvalue weighted by atomic mass is 9.91. The van der Waals surface area contributed by atoms with Crippen molar-refractivity contribution in [3.63, 3.8) is 0 Å². The SMILES string of the molecule is CCCCCC(CC)(CC)OOOCC. The molecule has 0 aliphatic carbocycles. The first-order valence-electron chi connectivity index (χ1n) is 6.22. The second-order valence-corrected chi connectivity index (χ2v) is 3.91. The predicted molar refractivity (Wildman–Crippen MR) is 61.3 cm³/mol. The van der Waals surface area contributed by atoms with Gasteiger partial charge in [-0.05, 0) is 26.2 Å². The lowest BCUT2D eigenvalue weighted by Crippen LogP contribution is -2.31. The summed E-state index contributed by atoms with van der Waals surface area (Å²) in [7, 11) is 0. The first-order chi connectivity index (χ1) is 7.24. The van der Waals surface area contributed by atoms with Crippen LogP contribution in [0.15, 0.2) is 0 Å². The van der Waals surface area contributed by atoms with E-state index in [9.17, 15) is 0 Å². The van der Waals surface area contributed by atoms with E-state index in [2.05, 4.69) is 20.8 Å². The molecule has 0 N–H and O–H groups in total. The van der Waals surface area contributed by atoms with E-state index in [-0.39, 0.29) is 5.60 Å². The van der Waals surface area contributed by atoms with Gasteiger partial charge in [-0.2, -0.15) is 4.89 Å². The zero-order valence-electron chi connectivity index (χ0n) is 10.7. The largest absolute Gasteiger partial charge is 0.206 e. The fourth-order valence-electron chi connectivity index (χ4n) is 1.60. The fraction of sp³-hybridized carbons (Fsp3) is 1.00. The summed E-state index contributed by atoms with van der Waals surface area (Å²) in [6, 6.07) is 0. The summed E-state index contributed by atoms with van der Waals surface area (Å²) in [5.74, 6) is 0. The second kappa shape index (κ2) is 9.13. The summed E-state index contributed by atoms with van der Waals surface area (Å²) in [4.78, 5) is 10.2. The van der Waals surface area contributed by atoms with Crippen LogP contribution in [0, 0.1) is 0 Å². The molecule has 0 atom stereocenters. The first-order valence-corrected chi connectivity index (χ1v) is 6.22. The van der Waals surface area contributed by atoms with E-state index in [0.717, 1.165) is 19.3 Å². The molecule has 0 bridgehead atoms. The average molecular weight is 218 g/mol. The van der Waals surface area contributed by atoms with Crippen LogP contribution in [-0.2, 0) is 14.8 Å². The van der Waals surface area contributed by atoms with Gasteiger partial charge in [0.05, 0.1) is 6.61 Å². The van der Waals surface area contributed by atoms with Crippen LogP contribution in [0.3, 0.4) is 0 Å². The van der Waals surface area contributed by atoms with Gasteiger partial charge < -0.3 is 0 Å². The molecule has 0 aliphatic rings. The lowest BCUT2D eigenvalue weighted by molar-refractivity contribution is -0.544. The minimum atomic E-state index is -0.162. The van der Waals surface area contributed by atoms with Crippen LogP contribution in [0.25, 0.3) is 0 Å². The minimum Gasteiger partial charge on any atom is -0.206 e. The van der Waals surface area contributed by atoms with Crippen LogP contribution in [-0.4, -0.2) is 12.2 Å². The molecule has 0 saturated carbocycles. The Morgan fingerprint density at radius 3 is 2.07 bits per heavy atom. The highest BCUT2D eigenvalue weighted by Gasteiger charge is 2.28. The highest BCUT2D eigenvalue weighted by molar-refractivity contribution is 4.75. The third-order valence-corrected chi connectivity index (χ3v) is 2.90. The lowest BCUT2D eigenvalue weighted by Gasteiger charge is -2.29. The Labute approximate surface area is 94.0 Å². The second-order valence-electron chi connectivity index (χ2n) is 3.91. The minimum absolute atomic E-state index is 0.162. The van der Waals surface area contributed by atoms with Crippen molar-refractivity contribution in [3.8, 4) is 0 Å². The Morgan fingerprint density at radius 1 is 0.933 bits per heavy atom. The predicted octanol–water partition coefficient (Wildman–Crippen LogP) is 4.03. The van der Waals surface area contributed by atoms with E-state index in [4.69, 9.17) is 14.8 Å². The molecule has 0 amide bonds. The van der Waals surface area contributed by atoms with E-state index in [1.54, 1.807) is 0 Å². The number of hydrogen-bond acceptors (Lipinski definition) is 3. The molecule has 0 saturated heterocycles. The Kier molecular flexibility index (Phi) is 9.06. The molecular formula is C12H26O3. The van der Waals surface area contributed by atoms with Gasteiger partial charge >= 0.3 is 0 Å². The van der Waals surface area contributed by atoms with Crippen molar-refractivity contribution in [2.45, 2.75) is 71.8 Å². The molecule has 0 unspecified atom stereocenters. The Hall–Kier alpha value is -0.120. The normalized spacial score (nSPS) is 12.0. The fourth-order valence-corrected chi connectivity index (χ4v) is 1.60. The molecule has 0 rings (SSSR count). The van der Waals surface area contributed by atoms with Crippen LogP contribution < -0.4 is 0 Å². The van der Waals surface area contributed by atoms with Crippen molar-refractivity contribution >= 4 is 0 Å². The Balaban J connectivity index is 3.93. The maximum Gasteiger partial charge on any atom is 0.106 e. The van der Waals surface area contributed by atoms with Gasteiger partial charge in [0.15, 0.2) is 0 Å². The van der Waals surface area contributed by atoms with Crippen molar-refractivity contribution in [2.24, 2.45) is 0 Å². The molecule has 0 aliphatic heterocycles. The van der Waals surface area contributed by atoms with E-state index >= 15 is 0 Å². The maximum absolute atomic E-state index is 5.39. The molecule has 92 valence electrons.